The molecule has 0 saturated heterocycles. The molecular weight excluding hydrogens is 260 g/mol. The number of halogens is 1. The Bertz CT molecular complexity index is 412. The summed E-state index contributed by atoms with van der Waals surface area (Å²) in [5, 5.41) is 0. The summed E-state index contributed by atoms with van der Waals surface area (Å²) in [6, 6.07) is 16.5. The van der Waals surface area contributed by atoms with E-state index in [-0.39, 0.29) is 0 Å². The Kier molecular flexibility index (Phi) is 5.27. The Hall–Kier alpha value is -1.08. The number of hydrogen-bond acceptors (Lipinski definition) is 0. The number of aryl methyl sites for hydroxylation is 3. The van der Waals surface area contributed by atoms with Crippen LogP contribution in [0.4, 0.5) is 0 Å². The van der Waals surface area contributed by atoms with Gasteiger partial charge in [-0.3, -0.25) is 0 Å². The highest BCUT2D eigenvalue weighted by molar-refractivity contribution is 9.10. The van der Waals surface area contributed by atoms with Gasteiger partial charge in [0.2, 0.25) is 0 Å². The average Bonchev–Trinajstić information content (AvgIpc) is 2.28. The van der Waals surface area contributed by atoms with Gasteiger partial charge in [0.05, 0.1) is 0 Å². The predicted octanol–water partition coefficient (Wildman–Crippen LogP) is 5.06. The largest absolute Gasteiger partial charge is 0.0622 e. The maximum Gasteiger partial charge on any atom is 0.0233 e. The monoisotopic (exact) mass is 276 g/mol. The number of benzene rings is 2. The van der Waals surface area contributed by atoms with E-state index < -0.39 is 0 Å². The van der Waals surface area contributed by atoms with Gasteiger partial charge in [-0.1, -0.05) is 70.0 Å². The SMILES string of the molecule is Cc1cccc(C)c1Br.Cc1ccccc1. The summed E-state index contributed by atoms with van der Waals surface area (Å²) in [5.41, 5.74) is 3.92. The van der Waals surface area contributed by atoms with Crippen LogP contribution in [0.25, 0.3) is 0 Å². The van der Waals surface area contributed by atoms with E-state index in [9.17, 15) is 0 Å². The van der Waals surface area contributed by atoms with Crippen LogP contribution in [0.1, 0.15) is 16.7 Å². The van der Waals surface area contributed by atoms with E-state index in [0.717, 1.165) is 0 Å². The minimum absolute atomic E-state index is 1.23. The second-order valence-electron chi connectivity index (χ2n) is 3.86. The van der Waals surface area contributed by atoms with E-state index in [1.54, 1.807) is 0 Å². The Morgan fingerprint density at radius 3 is 1.50 bits per heavy atom. The standard InChI is InChI=1S/C8H9Br.C7H8/c1-6-4-3-5-7(2)8(6)9;1-7-5-3-2-4-6-7/h3-5H,1-2H3;2-6H,1H3. The normalized spacial score (nSPS) is 9.25. The maximum atomic E-state index is 3.48. The van der Waals surface area contributed by atoms with Crippen molar-refractivity contribution in [3.63, 3.8) is 0 Å². The molecule has 84 valence electrons. The van der Waals surface area contributed by atoms with Crippen molar-refractivity contribution in [2.45, 2.75) is 20.8 Å². The summed E-state index contributed by atoms with van der Waals surface area (Å²) in [5.74, 6) is 0. The second kappa shape index (κ2) is 6.49. The molecule has 0 fully saturated rings. The first-order valence-electron chi connectivity index (χ1n) is 5.34. The molecule has 0 aliphatic carbocycles. The van der Waals surface area contributed by atoms with Crippen LogP contribution in [0.5, 0.6) is 0 Å². The van der Waals surface area contributed by atoms with Crippen LogP contribution in [-0.2, 0) is 0 Å². The lowest BCUT2D eigenvalue weighted by Gasteiger charge is -1.98. The first-order chi connectivity index (χ1) is 7.61. The smallest absolute Gasteiger partial charge is 0.0233 e. The van der Waals surface area contributed by atoms with E-state index in [0.29, 0.717) is 0 Å². The van der Waals surface area contributed by atoms with Gasteiger partial charge in [0.25, 0.3) is 0 Å². The third-order valence-electron chi connectivity index (χ3n) is 2.33. The summed E-state index contributed by atoms with van der Waals surface area (Å²) in [6.07, 6.45) is 0. The first-order valence-corrected chi connectivity index (χ1v) is 6.14. The summed E-state index contributed by atoms with van der Waals surface area (Å²) in [6.45, 7) is 6.27. The summed E-state index contributed by atoms with van der Waals surface area (Å²) >= 11 is 3.48. The van der Waals surface area contributed by atoms with Gasteiger partial charge in [-0.05, 0) is 31.9 Å². The van der Waals surface area contributed by atoms with E-state index in [1.807, 2.05) is 18.2 Å². The van der Waals surface area contributed by atoms with Gasteiger partial charge in [-0.25, -0.2) is 0 Å². The predicted molar refractivity (Wildman–Crippen MR) is 74.8 cm³/mol. The molecule has 0 nitrogen and oxygen atoms in total. The molecule has 0 spiro atoms. The summed E-state index contributed by atoms with van der Waals surface area (Å²) < 4.78 is 1.23. The molecule has 0 aliphatic heterocycles. The van der Waals surface area contributed by atoms with Gasteiger partial charge in [0, 0.05) is 4.47 Å². The molecule has 0 N–H and O–H groups in total. The molecule has 1 heteroatoms. The highest BCUT2D eigenvalue weighted by atomic mass is 79.9. The maximum absolute atomic E-state index is 3.48. The van der Waals surface area contributed by atoms with Gasteiger partial charge in [0.1, 0.15) is 0 Å². The molecule has 16 heavy (non-hydrogen) atoms. The van der Waals surface area contributed by atoms with Crippen LogP contribution in [0.15, 0.2) is 53.0 Å². The van der Waals surface area contributed by atoms with Crippen molar-refractivity contribution in [2.75, 3.05) is 0 Å². The van der Waals surface area contributed by atoms with Crippen molar-refractivity contribution in [3.8, 4) is 0 Å². The number of hydrogen-bond donors (Lipinski definition) is 0. The lowest BCUT2D eigenvalue weighted by Crippen LogP contribution is -1.77. The quantitative estimate of drug-likeness (QED) is 0.631. The van der Waals surface area contributed by atoms with Crippen molar-refractivity contribution < 1.29 is 0 Å². The fourth-order valence-electron chi connectivity index (χ4n) is 1.33. The second-order valence-corrected chi connectivity index (χ2v) is 4.65. The Morgan fingerprint density at radius 1 is 0.688 bits per heavy atom. The lowest BCUT2D eigenvalue weighted by atomic mass is 10.2. The molecule has 2 aromatic rings. The topological polar surface area (TPSA) is 0 Å². The summed E-state index contributed by atoms with van der Waals surface area (Å²) in [4.78, 5) is 0. The molecule has 0 bridgehead atoms. The molecule has 2 rings (SSSR count). The van der Waals surface area contributed by atoms with Crippen LogP contribution in [0.3, 0.4) is 0 Å². The summed E-state index contributed by atoms with van der Waals surface area (Å²) in [7, 11) is 0. The van der Waals surface area contributed by atoms with Crippen molar-refractivity contribution >= 4 is 15.9 Å². The Morgan fingerprint density at radius 2 is 1.19 bits per heavy atom. The molecule has 0 radical (unpaired) electrons. The Balaban J connectivity index is 0.000000165. The third-order valence-corrected chi connectivity index (χ3v) is 3.58. The molecule has 0 saturated carbocycles. The number of rotatable bonds is 0. The molecule has 0 unspecified atom stereocenters. The van der Waals surface area contributed by atoms with E-state index in [4.69, 9.17) is 0 Å². The minimum Gasteiger partial charge on any atom is -0.0622 e. The van der Waals surface area contributed by atoms with Crippen LogP contribution < -0.4 is 0 Å². The van der Waals surface area contributed by atoms with Crippen LogP contribution >= 0.6 is 15.9 Å². The van der Waals surface area contributed by atoms with E-state index in [1.165, 1.54) is 21.2 Å². The highest BCUT2D eigenvalue weighted by Gasteiger charge is 1.93. The van der Waals surface area contributed by atoms with Gasteiger partial charge in [-0.2, -0.15) is 0 Å². The minimum atomic E-state index is 1.23. The van der Waals surface area contributed by atoms with Crippen LogP contribution in [0.2, 0.25) is 0 Å². The first kappa shape index (κ1) is 13.0. The molecule has 0 aromatic heterocycles. The van der Waals surface area contributed by atoms with Gasteiger partial charge in [-0.15, -0.1) is 0 Å². The van der Waals surface area contributed by atoms with Crippen LogP contribution in [-0.4, -0.2) is 0 Å². The highest BCUT2D eigenvalue weighted by Crippen LogP contribution is 2.19. The molecule has 0 aliphatic rings. The van der Waals surface area contributed by atoms with Crippen molar-refractivity contribution in [1.82, 2.24) is 0 Å². The third kappa shape index (κ3) is 4.19. The zero-order valence-corrected chi connectivity index (χ0v) is 11.6. The fourth-order valence-corrected chi connectivity index (χ4v) is 1.59. The zero-order chi connectivity index (χ0) is 12.0. The fraction of sp³-hybridized carbons (Fsp3) is 0.200. The molecule has 0 atom stereocenters. The van der Waals surface area contributed by atoms with Gasteiger partial charge in [0.15, 0.2) is 0 Å². The molecule has 0 heterocycles. The zero-order valence-electron chi connectivity index (χ0n) is 10.00. The van der Waals surface area contributed by atoms with Crippen LogP contribution in [0, 0.1) is 20.8 Å². The van der Waals surface area contributed by atoms with Gasteiger partial charge >= 0.3 is 0 Å². The molecule has 0 amide bonds. The van der Waals surface area contributed by atoms with Crippen molar-refractivity contribution in [3.05, 3.63) is 69.7 Å². The molecule has 2 aromatic carbocycles. The average molecular weight is 277 g/mol. The van der Waals surface area contributed by atoms with Gasteiger partial charge < -0.3 is 0 Å². The Labute approximate surface area is 106 Å². The lowest BCUT2D eigenvalue weighted by molar-refractivity contribution is 1.34. The van der Waals surface area contributed by atoms with Crippen molar-refractivity contribution in [1.29, 1.82) is 0 Å². The van der Waals surface area contributed by atoms with Crippen molar-refractivity contribution in [2.24, 2.45) is 0 Å². The molecular formula is C15H17Br. The van der Waals surface area contributed by atoms with E-state index in [2.05, 4.69) is 67.0 Å². The van der Waals surface area contributed by atoms with E-state index >= 15 is 0 Å².